The van der Waals surface area contributed by atoms with Gasteiger partial charge in [0.1, 0.15) is 6.54 Å². The van der Waals surface area contributed by atoms with Gasteiger partial charge in [-0.25, -0.2) is 0 Å². The topological polar surface area (TPSA) is 40.5 Å². The normalized spacial score (nSPS) is 11.6. The lowest BCUT2D eigenvalue weighted by molar-refractivity contribution is -0.161. The summed E-state index contributed by atoms with van der Waals surface area (Å²) in [6.45, 7) is 0.598. The van der Waals surface area contributed by atoms with E-state index in [0.29, 0.717) is 6.42 Å². The molecule has 3 nitrogen and oxygen atoms in total. The summed E-state index contributed by atoms with van der Waals surface area (Å²) in [5, 5.41) is 8.51. The van der Waals surface area contributed by atoms with Crippen molar-refractivity contribution < 1.29 is 23.1 Å². The fourth-order valence-electron chi connectivity index (χ4n) is 1.25. The molecule has 0 aromatic heterocycles. The molecule has 0 heterocycles. The smallest absolute Gasteiger partial charge is 0.396 e. The van der Waals surface area contributed by atoms with Crippen LogP contribution in [0.1, 0.15) is 32.6 Å². The van der Waals surface area contributed by atoms with E-state index in [0.717, 1.165) is 11.3 Å². The molecule has 0 radical (unpaired) electrons. The van der Waals surface area contributed by atoms with Crippen molar-refractivity contribution in [2.75, 3.05) is 19.7 Å². The van der Waals surface area contributed by atoms with Crippen molar-refractivity contribution in [3.8, 4) is 0 Å². The van der Waals surface area contributed by atoms with Gasteiger partial charge < -0.3 is 10.0 Å². The highest BCUT2D eigenvalue weighted by molar-refractivity contribution is 5.76. The average molecular weight is 241 g/mol. The van der Waals surface area contributed by atoms with Gasteiger partial charge in [0.2, 0.25) is 5.91 Å². The molecule has 0 bridgehead atoms. The van der Waals surface area contributed by atoms with Crippen LogP contribution in [0.25, 0.3) is 0 Å². The van der Waals surface area contributed by atoms with Crippen molar-refractivity contribution in [2.45, 2.75) is 38.8 Å². The van der Waals surface area contributed by atoms with E-state index < -0.39 is 18.6 Å². The van der Waals surface area contributed by atoms with Gasteiger partial charge in [-0.1, -0.05) is 13.3 Å². The molecule has 0 atom stereocenters. The molecule has 96 valence electrons. The van der Waals surface area contributed by atoms with Crippen LogP contribution < -0.4 is 0 Å². The molecule has 0 rings (SSSR count). The zero-order valence-electron chi connectivity index (χ0n) is 9.39. The quantitative estimate of drug-likeness (QED) is 0.740. The van der Waals surface area contributed by atoms with E-state index in [9.17, 15) is 18.0 Å². The Morgan fingerprint density at radius 2 is 1.94 bits per heavy atom. The van der Waals surface area contributed by atoms with Crippen LogP contribution in [0.3, 0.4) is 0 Å². The number of aliphatic hydroxyl groups excluding tert-OH is 1. The molecular weight excluding hydrogens is 223 g/mol. The van der Waals surface area contributed by atoms with Gasteiger partial charge in [0.15, 0.2) is 0 Å². The highest BCUT2D eigenvalue weighted by Crippen LogP contribution is 2.17. The number of hydrogen-bond donors (Lipinski definition) is 1. The summed E-state index contributed by atoms with van der Waals surface area (Å²) in [4.78, 5) is 12.2. The van der Waals surface area contributed by atoms with Crippen LogP contribution in [-0.2, 0) is 4.79 Å². The van der Waals surface area contributed by atoms with Gasteiger partial charge in [-0.2, -0.15) is 13.2 Å². The number of halogens is 3. The molecule has 0 aliphatic rings. The van der Waals surface area contributed by atoms with E-state index in [1.165, 1.54) is 0 Å². The predicted molar refractivity (Wildman–Crippen MR) is 53.9 cm³/mol. The Morgan fingerprint density at radius 3 is 2.38 bits per heavy atom. The number of aliphatic hydroxyl groups is 1. The third kappa shape index (κ3) is 7.50. The number of alkyl halides is 3. The number of unbranched alkanes of at least 4 members (excludes halogenated alkanes) is 1. The molecule has 16 heavy (non-hydrogen) atoms. The highest BCUT2D eigenvalue weighted by atomic mass is 19.4. The average Bonchev–Trinajstić information content (AvgIpc) is 2.19. The lowest BCUT2D eigenvalue weighted by Gasteiger charge is -2.23. The van der Waals surface area contributed by atoms with E-state index in [2.05, 4.69) is 0 Å². The fourth-order valence-corrected chi connectivity index (χ4v) is 1.25. The predicted octanol–water partition coefficient (Wildman–Crippen LogP) is 1.95. The van der Waals surface area contributed by atoms with Crippen molar-refractivity contribution in [3.63, 3.8) is 0 Å². The SMILES string of the molecule is CCCCN(CC(F)(F)F)C(=O)CCCO. The van der Waals surface area contributed by atoms with E-state index in [4.69, 9.17) is 5.11 Å². The number of rotatable bonds is 7. The first-order valence-electron chi connectivity index (χ1n) is 5.36. The van der Waals surface area contributed by atoms with Crippen molar-refractivity contribution >= 4 is 5.91 Å². The van der Waals surface area contributed by atoms with E-state index in [1.54, 1.807) is 0 Å². The molecule has 0 saturated carbocycles. The Balaban J connectivity index is 4.23. The second kappa shape index (κ2) is 7.49. The van der Waals surface area contributed by atoms with Crippen molar-refractivity contribution in [2.24, 2.45) is 0 Å². The molecule has 0 spiro atoms. The molecule has 1 N–H and O–H groups in total. The van der Waals surface area contributed by atoms with Gasteiger partial charge in [0.05, 0.1) is 0 Å². The zero-order valence-corrected chi connectivity index (χ0v) is 9.39. The fraction of sp³-hybridized carbons (Fsp3) is 0.900. The molecule has 1 amide bonds. The summed E-state index contributed by atoms with van der Waals surface area (Å²) in [6, 6.07) is 0. The van der Waals surface area contributed by atoms with Crippen molar-refractivity contribution in [1.29, 1.82) is 0 Å². The maximum Gasteiger partial charge on any atom is 0.406 e. The van der Waals surface area contributed by atoms with Gasteiger partial charge in [0.25, 0.3) is 0 Å². The second-order valence-corrected chi connectivity index (χ2v) is 3.61. The third-order valence-electron chi connectivity index (χ3n) is 2.05. The van der Waals surface area contributed by atoms with Crippen LogP contribution in [0.15, 0.2) is 0 Å². The number of carbonyl (C=O) groups is 1. The van der Waals surface area contributed by atoms with E-state index >= 15 is 0 Å². The third-order valence-corrected chi connectivity index (χ3v) is 2.05. The van der Waals surface area contributed by atoms with Crippen LogP contribution in [0.4, 0.5) is 13.2 Å². The van der Waals surface area contributed by atoms with Gasteiger partial charge in [-0.3, -0.25) is 4.79 Å². The standard InChI is InChI=1S/C10H18F3NO2/c1-2-3-6-14(8-10(11,12)13)9(16)5-4-7-15/h15H,2-8H2,1H3. The summed E-state index contributed by atoms with van der Waals surface area (Å²) in [5.41, 5.74) is 0. The maximum atomic E-state index is 12.2. The zero-order chi connectivity index (χ0) is 12.6. The Morgan fingerprint density at radius 1 is 1.31 bits per heavy atom. The molecular formula is C10H18F3NO2. The number of hydrogen-bond acceptors (Lipinski definition) is 2. The largest absolute Gasteiger partial charge is 0.406 e. The summed E-state index contributed by atoms with van der Waals surface area (Å²) in [7, 11) is 0. The minimum Gasteiger partial charge on any atom is -0.396 e. The number of amides is 1. The summed E-state index contributed by atoms with van der Waals surface area (Å²) in [6.07, 6.45) is -2.89. The number of carbonyl (C=O) groups excluding carboxylic acids is 1. The maximum absolute atomic E-state index is 12.2. The molecule has 0 saturated heterocycles. The van der Waals surface area contributed by atoms with Crippen LogP contribution in [0, 0.1) is 0 Å². The molecule has 0 aliphatic heterocycles. The summed E-state index contributed by atoms with van der Waals surface area (Å²) >= 11 is 0. The minimum absolute atomic E-state index is 0.0315. The van der Waals surface area contributed by atoms with Gasteiger partial charge in [-0.15, -0.1) is 0 Å². The van der Waals surface area contributed by atoms with Gasteiger partial charge >= 0.3 is 6.18 Å². The lowest BCUT2D eigenvalue weighted by atomic mass is 10.2. The summed E-state index contributed by atoms with van der Waals surface area (Å²) < 4.78 is 36.5. The Kier molecular flexibility index (Phi) is 7.12. The highest BCUT2D eigenvalue weighted by Gasteiger charge is 2.32. The first-order valence-corrected chi connectivity index (χ1v) is 5.36. The van der Waals surface area contributed by atoms with Crippen LogP contribution >= 0.6 is 0 Å². The van der Waals surface area contributed by atoms with Crippen molar-refractivity contribution in [1.82, 2.24) is 4.90 Å². The Bertz CT molecular complexity index is 207. The van der Waals surface area contributed by atoms with E-state index in [-0.39, 0.29) is 26.0 Å². The molecule has 0 aliphatic carbocycles. The van der Waals surface area contributed by atoms with Gasteiger partial charge in [-0.05, 0) is 12.8 Å². The van der Waals surface area contributed by atoms with Crippen LogP contribution in [0.5, 0.6) is 0 Å². The van der Waals surface area contributed by atoms with Crippen LogP contribution in [0.2, 0.25) is 0 Å². The minimum atomic E-state index is -4.36. The lowest BCUT2D eigenvalue weighted by Crippen LogP contribution is -2.39. The molecule has 0 aromatic rings. The van der Waals surface area contributed by atoms with Gasteiger partial charge in [0, 0.05) is 19.6 Å². The van der Waals surface area contributed by atoms with Crippen molar-refractivity contribution in [3.05, 3.63) is 0 Å². The monoisotopic (exact) mass is 241 g/mol. The first-order chi connectivity index (χ1) is 7.40. The molecule has 6 heteroatoms. The molecule has 0 unspecified atom stereocenters. The molecule has 0 fully saturated rings. The Hall–Kier alpha value is -0.780. The first kappa shape index (κ1) is 15.2. The van der Waals surface area contributed by atoms with Crippen LogP contribution in [-0.4, -0.2) is 41.8 Å². The summed E-state index contributed by atoms with van der Waals surface area (Å²) in [5.74, 6) is -0.542. The Labute approximate surface area is 93.2 Å². The van der Waals surface area contributed by atoms with E-state index in [1.807, 2.05) is 6.92 Å². The molecule has 0 aromatic carbocycles. The second-order valence-electron chi connectivity index (χ2n) is 3.61. The number of nitrogens with zero attached hydrogens (tertiary/aromatic N) is 1.